The highest BCUT2D eigenvalue weighted by molar-refractivity contribution is 9.10. The molecule has 0 spiro atoms. The van der Waals surface area contributed by atoms with Gasteiger partial charge in [-0.25, -0.2) is 0 Å². The van der Waals surface area contributed by atoms with Gasteiger partial charge in [0.05, 0.1) is 0 Å². The third-order valence-corrected chi connectivity index (χ3v) is 2.69. The van der Waals surface area contributed by atoms with Crippen molar-refractivity contribution < 1.29 is 4.79 Å². The molecular formula is C12H12BrNO. The first-order valence-corrected chi connectivity index (χ1v) is 5.77. The molecule has 1 amide bonds. The van der Waals surface area contributed by atoms with E-state index < -0.39 is 0 Å². The number of halogens is 1. The Morgan fingerprint density at radius 2 is 2.27 bits per heavy atom. The maximum Gasteiger partial charge on any atom is 0.244 e. The van der Waals surface area contributed by atoms with Gasteiger partial charge in [-0.05, 0) is 36.6 Å². The van der Waals surface area contributed by atoms with Crippen LogP contribution in [-0.2, 0) is 4.79 Å². The highest BCUT2D eigenvalue weighted by Crippen LogP contribution is 2.18. The summed E-state index contributed by atoms with van der Waals surface area (Å²) in [6, 6.07) is 8.26. The van der Waals surface area contributed by atoms with E-state index >= 15 is 0 Å². The number of hydrogen-bond donors (Lipinski definition) is 1. The van der Waals surface area contributed by atoms with Gasteiger partial charge in [0.1, 0.15) is 0 Å². The Hall–Kier alpha value is -1.09. The number of hydrogen-bond acceptors (Lipinski definition) is 1. The van der Waals surface area contributed by atoms with Gasteiger partial charge in [0.25, 0.3) is 0 Å². The fraction of sp³-hybridized carbons (Fsp3) is 0.250. The lowest BCUT2D eigenvalue weighted by Crippen LogP contribution is -2.22. The van der Waals surface area contributed by atoms with Gasteiger partial charge in [0.2, 0.25) is 5.91 Å². The number of amides is 1. The number of carbonyl (C=O) groups is 1. The molecule has 1 aromatic rings. The second-order valence-corrected chi connectivity index (χ2v) is 4.59. The van der Waals surface area contributed by atoms with Gasteiger partial charge in [0, 0.05) is 16.6 Å². The predicted octanol–water partition coefficient (Wildman–Crippen LogP) is 2.74. The molecule has 15 heavy (non-hydrogen) atoms. The van der Waals surface area contributed by atoms with Crippen LogP contribution in [-0.4, -0.2) is 11.9 Å². The molecule has 0 saturated heterocycles. The molecule has 0 atom stereocenters. The summed E-state index contributed by atoms with van der Waals surface area (Å²) in [7, 11) is 0. The molecule has 0 aromatic heterocycles. The third-order valence-electron chi connectivity index (χ3n) is 2.20. The summed E-state index contributed by atoms with van der Waals surface area (Å²) in [4.78, 5) is 11.3. The van der Waals surface area contributed by atoms with E-state index in [2.05, 4.69) is 21.2 Å². The maximum absolute atomic E-state index is 11.3. The fourth-order valence-corrected chi connectivity index (χ4v) is 1.68. The Morgan fingerprint density at radius 1 is 1.47 bits per heavy atom. The van der Waals surface area contributed by atoms with E-state index in [0.29, 0.717) is 6.04 Å². The van der Waals surface area contributed by atoms with Crippen molar-refractivity contribution in [3.05, 3.63) is 40.4 Å². The lowest BCUT2D eigenvalue weighted by atomic mass is 10.2. The zero-order valence-electron chi connectivity index (χ0n) is 8.24. The molecule has 2 nitrogen and oxygen atoms in total. The van der Waals surface area contributed by atoms with Crippen molar-refractivity contribution in [3.63, 3.8) is 0 Å². The van der Waals surface area contributed by atoms with Crippen molar-refractivity contribution in [3.8, 4) is 0 Å². The molecule has 1 aromatic carbocycles. The van der Waals surface area contributed by atoms with Gasteiger partial charge in [-0.15, -0.1) is 0 Å². The van der Waals surface area contributed by atoms with E-state index in [-0.39, 0.29) is 5.91 Å². The van der Waals surface area contributed by atoms with Crippen LogP contribution in [0.1, 0.15) is 18.4 Å². The van der Waals surface area contributed by atoms with E-state index in [1.54, 1.807) is 6.08 Å². The van der Waals surface area contributed by atoms with Gasteiger partial charge < -0.3 is 5.32 Å². The molecule has 0 bridgehead atoms. The minimum absolute atomic E-state index is 0.00234. The van der Waals surface area contributed by atoms with Gasteiger partial charge in [0.15, 0.2) is 0 Å². The Morgan fingerprint density at radius 3 is 2.93 bits per heavy atom. The second kappa shape index (κ2) is 4.62. The number of carbonyl (C=O) groups excluding carboxylic acids is 1. The third kappa shape index (κ3) is 3.51. The van der Waals surface area contributed by atoms with Crippen LogP contribution in [0.2, 0.25) is 0 Å². The fourth-order valence-electron chi connectivity index (χ4n) is 1.26. The molecular weight excluding hydrogens is 254 g/mol. The average Bonchev–Trinajstić information content (AvgIpc) is 2.99. The zero-order valence-corrected chi connectivity index (χ0v) is 9.83. The Kier molecular flexibility index (Phi) is 3.21. The van der Waals surface area contributed by atoms with Crippen molar-refractivity contribution in [2.24, 2.45) is 0 Å². The van der Waals surface area contributed by atoms with Gasteiger partial charge in [-0.2, -0.15) is 0 Å². The van der Waals surface area contributed by atoms with Crippen LogP contribution in [0.4, 0.5) is 0 Å². The van der Waals surface area contributed by atoms with Crippen molar-refractivity contribution in [2.45, 2.75) is 18.9 Å². The Bertz CT molecular complexity index is 396. The molecule has 1 aliphatic carbocycles. The smallest absolute Gasteiger partial charge is 0.244 e. The monoisotopic (exact) mass is 265 g/mol. The first-order chi connectivity index (χ1) is 7.24. The molecule has 1 aliphatic rings. The zero-order chi connectivity index (χ0) is 10.7. The van der Waals surface area contributed by atoms with Crippen molar-refractivity contribution in [1.29, 1.82) is 0 Å². The second-order valence-electron chi connectivity index (χ2n) is 3.67. The topological polar surface area (TPSA) is 29.1 Å². The normalized spacial score (nSPS) is 15.5. The summed E-state index contributed by atoms with van der Waals surface area (Å²) in [5, 5.41) is 2.90. The van der Waals surface area contributed by atoms with Crippen LogP contribution in [0.5, 0.6) is 0 Å². The SMILES string of the molecule is O=C(C=Cc1cccc(Br)c1)NC1CC1. The molecule has 0 unspecified atom stereocenters. The molecule has 0 heterocycles. The van der Waals surface area contributed by atoms with Gasteiger partial charge >= 0.3 is 0 Å². The van der Waals surface area contributed by atoms with Crippen LogP contribution in [0.15, 0.2) is 34.8 Å². The largest absolute Gasteiger partial charge is 0.350 e. The van der Waals surface area contributed by atoms with Crippen molar-refractivity contribution in [2.75, 3.05) is 0 Å². The summed E-state index contributed by atoms with van der Waals surface area (Å²) in [5.74, 6) is -0.00234. The summed E-state index contributed by atoms with van der Waals surface area (Å²) in [6.45, 7) is 0. The quantitative estimate of drug-likeness (QED) is 0.837. The summed E-state index contributed by atoms with van der Waals surface area (Å²) in [6.07, 6.45) is 5.65. The maximum atomic E-state index is 11.3. The Balaban J connectivity index is 1.94. The average molecular weight is 266 g/mol. The minimum atomic E-state index is -0.00234. The predicted molar refractivity (Wildman–Crippen MR) is 64.3 cm³/mol. The molecule has 0 aliphatic heterocycles. The molecule has 0 radical (unpaired) electrons. The first kappa shape index (κ1) is 10.4. The van der Waals surface area contributed by atoms with Crippen LogP contribution in [0, 0.1) is 0 Å². The molecule has 1 fully saturated rings. The minimum Gasteiger partial charge on any atom is -0.350 e. The van der Waals surface area contributed by atoms with E-state index in [1.165, 1.54) is 0 Å². The molecule has 1 N–H and O–H groups in total. The standard InChI is InChI=1S/C12H12BrNO/c13-10-3-1-2-9(8-10)4-7-12(15)14-11-5-6-11/h1-4,7-8,11H,5-6H2,(H,14,15). The van der Waals surface area contributed by atoms with Crippen molar-refractivity contribution in [1.82, 2.24) is 5.32 Å². The van der Waals surface area contributed by atoms with Crippen LogP contribution in [0.25, 0.3) is 6.08 Å². The van der Waals surface area contributed by atoms with Crippen LogP contribution < -0.4 is 5.32 Å². The molecule has 1 saturated carbocycles. The molecule has 78 valence electrons. The van der Waals surface area contributed by atoms with E-state index in [4.69, 9.17) is 0 Å². The van der Waals surface area contributed by atoms with E-state index in [9.17, 15) is 4.79 Å². The summed E-state index contributed by atoms with van der Waals surface area (Å²) in [5.41, 5.74) is 1.02. The van der Waals surface area contributed by atoms with Gasteiger partial charge in [-0.1, -0.05) is 28.1 Å². The van der Waals surface area contributed by atoms with Crippen LogP contribution >= 0.6 is 15.9 Å². The number of benzene rings is 1. The summed E-state index contributed by atoms with van der Waals surface area (Å²) < 4.78 is 1.02. The highest BCUT2D eigenvalue weighted by atomic mass is 79.9. The number of rotatable bonds is 3. The van der Waals surface area contributed by atoms with Crippen molar-refractivity contribution >= 4 is 27.9 Å². The number of nitrogens with one attached hydrogen (secondary N) is 1. The highest BCUT2D eigenvalue weighted by Gasteiger charge is 2.21. The van der Waals surface area contributed by atoms with Crippen LogP contribution in [0.3, 0.4) is 0 Å². The van der Waals surface area contributed by atoms with Gasteiger partial charge in [-0.3, -0.25) is 4.79 Å². The first-order valence-electron chi connectivity index (χ1n) is 4.98. The lowest BCUT2D eigenvalue weighted by Gasteiger charge is -1.97. The molecule has 3 heteroatoms. The van der Waals surface area contributed by atoms with E-state index in [0.717, 1.165) is 22.9 Å². The lowest BCUT2D eigenvalue weighted by molar-refractivity contribution is -0.116. The molecule has 2 rings (SSSR count). The van der Waals surface area contributed by atoms with E-state index in [1.807, 2.05) is 30.3 Å². The Labute approximate surface area is 97.5 Å². The summed E-state index contributed by atoms with van der Waals surface area (Å²) >= 11 is 3.39.